The van der Waals surface area contributed by atoms with E-state index in [1.54, 1.807) is 4.90 Å². The van der Waals surface area contributed by atoms with Gasteiger partial charge in [0.2, 0.25) is 0 Å². The van der Waals surface area contributed by atoms with Gasteiger partial charge in [-0.25, -0.2) is 4.79 Å². The Morgan fingerprint density at radius 1 is 1.45 bits per heavy atom. The van der Waals surface area contributed by atoms with Gasteiger partial charge in [-0.3, -0.25) is 0 Å². The van der Waals surface area contributed by atoms with Crippen molar-refractivity contribution in [3.05, 3.63) is 29.8 Å². The Balaban J connectivity index is 2.61. The quantitative estimate of drug-likeness (QED) is 0.754. The number of carbonyl (C=O) groups excluding carboxylic acids is 1. The molecule has 0 radical (unpaired) electrons. The van der Waals surface area contributed by atoms with Gasteiger partial charge in [0, 0.05) is 31.4 Å². The standard InChI is InChI=1S/C15H25N3O2/c1-4-18(9-10-20-5-2)15(19)17-14-8-6-7-13(11-14)12(3)16/h6-8,11-12H,4-5,9-10,16H2,1-3H3,(H,17,19). The summed E-state index contributed by atoms with van der Waals surface area (Å²) in [5.74, 6) is 0. The number of likely N-dealkylation sites (N-methyl/N-ethyl adjacent to an activating group) is 1. The lowest BCUT2D eigenvalue weighted by molar-refractivity contribution is 0.123. The molecule has 0 saturated heterocycles. The fourth-order valence-electron chi connectivity index (χ4n) is 1.82. The fraction of sp³-hybridized carbons (Fsp3) is 0.533. The van der Waals surface area contributed by atoms with Crippen molar-refractivity contribution in [2.75, 3.05) is 31.6 Å². The molecule has 0 heterocycles. The molecular weight excluding hydrogens is 254 g/mol. The van der Waals surface area contributed by atoms with E-state index in [9.17, 15) is 4.79 Å². The highest BCUT2D eigenvalue weighted by Crippen LogP contribution is 2.16. The number of carbonyl (C=O) groups is 1. The minimum absolute atomic E-state index is 0.0490. The summed E-state index contributed by atoms with van der Waals surface area (Å²) in [7, 11) is 0. The third kappa shape index (κ3) is 5.19. The highest BCUT2D eigenvalue weighted by molar-refractivity contribution is 5.89. The molecule has 0 fully saturated rings. The summed E-state index contributed by atoms with van der Waals surface area (Å²) in [6, 6.07) is 7.44. The molecular formula is C15H25N3O2. The van der Waals surface area contributed by atoms with E-state index in [0.717, 1.165) is 11.3 Å². The largest absolute Gasteiger partial charge is 0.380 e. The number of nitrogens with zero attached hydrogens (tertiary/aromatic N) is 1. The third-order valence-electron chi connectivity index (χ3n) is 3.04. The summed E-state index contributed by atoms with van der Waals surface area (Å²) in [5, 5.41) is 2.89. The number of urea groups is 1. The summed E-state index contributed by atoms with van der Waals surface area (Å²) < 4.78 is 5.28. The van der Waals surface area contributed by atoms with E-state index in [1.807, 2.05) is 45.0 Å². The zero-order valence-electron chi connectivity index (χ0n) is 12.6. The monoisotopic (exact) mass is 279 g/mol. The smallest absolute Gasteiger partial charge is 0.321 e. The van der Waals surface area contributed by atoms with Gasteiger partial charge in [-0.15, -0.1) is 0 Å². The molecule has 112 valence electrons. The van der Waals surface area contributed by atoms with Gasteiger partial charge in [-0.05, 0) is 38.5 Å². The molecule has 3 N–H and O–H groups in total. The normalized spacial score (nSPS) is 12.0. The maximum Gasteiger partial charge on any atom is 0.321 e. The molecule has 0 spiro atoms. The molecule has 5 nitrogen and oxygen atoms in total. The first-order chi connectivity index (χ1) is 9.58. The molecule has 1 aromatic carbocycles. The van der Waals surface area contributed by atoms with Crippen molar-refractivity contribution >= 4 is 11.7 Å². The lowest BCUT2D eigenvalue weighted by atomic mass is 10.1. The zero-order chi connectivity index (χ0) is 15.0. The maximum absolute atomic E-state index is 12.1. The van der Waals surface area contributed by atoms with Gasteiger partial charge in [-0.1, -0.05) is 12.1 Å². The van der Waals surface area contributed by atoms with Gasteiger partial charge in [0.1, 0.15) is 0 Å². The van der Waals surface area contributed by atoms with E-state index >= 15 is 0 Å². The third-order valence-corrected chi connectivity index (χ3v) is 3.04. The van der Waals surface area contributed by atoms with E-state index in [0.29, 0.717) is 26.3 Å². The number of rotatable bonds is 7. The van der Waals surface area contributed by atoms with E-state index < -0.39 is 0 Å². The number of anilines is 1. The molecule has 0 saturated carbocycles. The first-order valence-electron chi connectivity index (χ1n) is 7.07. The van der Waals surface area contributed by atoms with Gasteiger partial charge in [0.05, 0.1) is 6.61 Å². The van der Waals surface area contributed by atoms with Crippen LogP contribution in [0, 0.1) is 0 Å². The minimum Gasteiger partial charge on any atom is -0.380 e. The molecule has 5 heteroatoms. The topological polar surface area (TPSA) is 67.6 Å². The van der Waals surface area contributed by atoms with Crippen LogP contribution in [-0.4, -0.2) is 37.2 Å². The number of nitrogens with two attached hydrogens (primary N) is 1. The molecule has 0 aromatic heterocycles. The molecule has 0 aliphatic carbocycles. The summed E-state index contributed by atoms with van der Waals surface area (Å²) in [5.41, 5.74) is 7.60. The molecule has 0 aliphatic rings. The van der Waals surface area contributed by atoms with Crippen molar-refractivity contribution < 1.29 is 9.53 Å². The SMILES string of the molecule is CCOCCN(CC)C(=O)Nc1cccc(C(C)N)c1. The number of ether oxygens (including phenoxy) is 1. The molecule has 1 rings (SSSR count). The van der Waals surface area contributed by atoms with Crippen LogP contribution >= 0.6 is 0 Å². The number of benzene rings is 1. The summed E-state index contributed by atoms with van der Waals surface area (Å²) in [6.07, 6.45) is 0. The zero-order valence-corrected chi connectivity index (χ0v) is 12.6. The Bertz CT molecular complexity index is 421. The van der Waals surface area contributed by atoms with E-state index in [1.165, 1.54) is 0 Å². The van der Waals surface area contributed by atoms with Crippen molar-refractivity contribution in [3.8, 4) is 0 Å². The summed E-state index contributed by atoms with van der Waals surface area (Å²) >= 11 is 0. The van der Waals surface area contributed by atoms with Gasteiger partial charge in [-0.2, -0.15) is 0 Å². The van der Waals surface area contributed by atoms with Crippen LogP contribution in [0.3, 0.4) is 0 Å². The van der Waals surface area contributed by atoms with E-state index in [2.05, 4.69) is 5.32 Å². The Morgan fingerprint density at radius 2 is 2.20 bits per heavy atom. The van der Waals surface area contributed by atoms with E-state index in [-0.39, 0.29) is 12.1 Å². The molecule has 1 atom stereocenters. The average molecular weight is 279 g/mol. The maximum atomic E-state index is 12.1. The van der Waals surface area contributed by atoms with Gasteiger partial charge in [0.15, 0.2) is 0 Å². The second-order valence-electron chi connectivity index (χ2n) is 4.62. The predicted molar refractivity (Wildman–Crippen MR) is 81.8 cm³/mol. The minimum atomic E-state index is -0.117. The van der Waals surface area contributed by atoms with Crippen LogP contribution in [0.1, 0.15) is 32.4 Å². The Morgan fingerprint density at radius 3 is 2.80 bits per heavy atom. The molecule has 1 unspecified atom stereocenters. The highest BCUT2D eigenvalue weighted by atomic mass is 16.5. The van der Waals surface area contributed by atoms with Gasteiger partial charge >= 0.3 is 6.03 Å². The molecule has 20 heavy (non-hydrogen) atoms. The Hall–Kier alpha value is -1.59. The fourth-order valence-corrected chi connectivity index (χ4v) is 1.82. The Labute approximate surface area is 121 Å². The summed E-state index contributed by atoms with van der Waals surface area (Å²) in [6.45, 7) is 8.25. The van der Waals surface area contributed by atoms with Gasteiger partial charge < -0.3 is 20.7 Å². The van der Waals surface area contributed by atoms with Gasteiger partial charge in [0.25, 0.3) is 0 Å². The van der Waals surface area contributed by atoms with Crippen LogP contribution in [0.4, 0.5) is 10.5 Å². The lowest BCUT2D eigenvalue weighted by Crippen LogP contribution is -2.37. The second-order valence-corrected chi connectivity index (χ2v) is 4.62. The Kier molecular flexibility index (Phi) is 7.04. The lowest BCUT2D eigenvalue weighted by Gasteiger charge is -2.21. The van der Waals surface area contributed by atoms with Crippen molar-refractivity contribution in [3.63, 3.8) is 0 Å². The van der Waals surface area contributed by atoms with Crippen molar-refractivity contribution in [1.82, 2.24) is 4.90 Å². The van der Waals surface area contributed by atoms with E-state index in [4.69, 9.17) is 10.5 Å². The number of amides is 2. The van der Waals surface area contributed by atoms with Crippen LogP contribution in [0.2, 0.25) is 0 Å². The average Bonchev–Trinajstić information content (AvgIpc) is 2.43. The van der Waals surface area contributed by atoms with Crippen molar-refractivity contribution in [2.45, 2.75) is 26.8 Å². The van der Waals surface area contributed by atoms with Crippen LogP contribution < -0.4 is 11.1 Å². The second kappa shape index (κ2) is 8.55. The highest BCUT2D eigenvalue weighted by Gasteiger charge is 2.11. The molecule has 0 aliphatic heterocycles. The van der Waals surface area contributed by atoms with Crippen molar-refractivity contribution in [2.24, 2.45) is 5.73 Å². The predicted octanol–water partition coefficient (Wildman–Crippen LogP) is 2.60. The van der Waals surface area contributed by atoms with Crippen LogP contribution in [0.15, 0.2) is 24.3 Å². The van der Waals surface area contributed by atoms with Crippen LogP contribution in [0.25, 0.3) is 0 Å². The molecule has 0 bridgehead atoms. The number of nitrogens with one attached hydrogen (secondary N) is 1. The number of hydrogen-bond donors (Lipinski definition) is 2. The first-order valence-corrected chi connectivity index (χ1v) is 7.07. The molecule has 2 amide bonds. The summed E-state index contributed by atoms with van der Waals surface area (Å²) in [4.78, 5) is 13.9. The number of hydrogen-bond acceptors (Lipinski definition) is 3. The first kappa shape index (κ1) is 16.5. The van der Waals surface area contributed by atoms with Crippen LogP contribution in [0.5, 0.6) is 0 Å². The van der Waals surface area contributed by atoms with Crippen LogP contribution in [-0.2, 0) is 4.74 Å². The molecule has 1 aromatic rings. The van der Waals surface area contributed by atoms with Crippen molar-refractivity contribution in [1.29, 1.82) is 0 Å².